The van der Waals surface area contributed by atoms with Gasteiger partial charge in [-0.15, -0.1) is 0 Å². The van der Waals surface area contributed by atoms with E-state index in [0.717, 1.165) is 65.7 Å². The number of rotatable bonds is 3. The fraction of sp³-hybridized carbons (Fsp3) is 0. The van der Waals surface area contributed by atoms with Crippen LogP contribution in [0, 0.1) is 0 Å². The van der Waals surface area contributed by atoms with Gasteiger partial charge >= 0.3 is 0 Å². The number of benzene rings is 5. The summed E-state index contributed by atoms with van der Waals surface area (Å²) in [6, 6.07) is 29.5. The van der Waals surface area contributed by atoms with E-state index in [1.807, 2.05) is 36.8 Å². The Bertz CT molecular complexity index is 2130. The van der Waals surface area contributed by atoms with E-state index in [1.165, 1.54) is 16.2 Å². The Labute approximate surface area is 226 Å². The molecule has 0 saturated carbocycles. The third-order valence-corrected chi connectivity index (χ3v) is 7.81. The smallest absolute Gasteiger partial charge is 0.140 e. The lowest BCUT2D eigenvalue weighted by Gasteiger charge is -2.09. The zero-order valence-electron chi connectivity index (χ0n) is 20.1. The Morgan fingerprint density at radius 1 is 0.763 bits per heavy atom. The van der Waals surface area contributed by atoms with Crippen LogP contribution in [0.15, 0.2) is 107 Å². The minimum absolute atomic E-state index is 0.861. The topological polar surface area (TPSA) is 68.9 Å². The van der Waals surface area contributed by atoms with Crippen molar-refractivity contribution in [2.45, 2.75) is 0 Å². The maximum Gasteiger partial charge on any atom is 0.140 e. The first kappa shape index (κ1) is 21.4. The molecule has 1 aliphatic heterocycles. The molecule has 3 heterocycles. The van der Waals surface area contributed by atoms with Crippen molar-refractivity contribution in [3.63, 3.8) is 0 Å². The number of anilines is 1. The molecule has 8 rings (SSSR count). The lowest BCUT2D eigenvalue weighted by Crippen LogP contribution is -1.92. The zero-order valence-corrected chi connectivity index (χ0v) is 21.7. The van der Waals surface area contributed by atoms with Gasteiger partial charge in [-0.1, -0.05) is 64.5 Å². The van der Waals surface area contributed by atoms with Crippen molar-refractivity contribution in [2.24, 2.45) is 4.99 Å². The van der Waals surface area contributed by atoms with Crippen molar-refractivity contribution in [2.75, 3.05) is 5.32 Å². The van der Waals surface area contributed by atoms with Gasteiger partial charge in [0.2, 0.25) is 0 Å². The number of hydrogen-bond donors (Lipinski definition) is 3. The van der Waals surface area contributed by atoms with Crippen molar-refractivity contribution in [3.05, 3.63) is 107 Å². The maximum absolute atomic E-state index is 5.16. The quantitative estimate of drug-likeness (QED) is 0.191. The Kier molecular flexibility index (Phi) is 4.60. The van der Waals surface area contributed by atoms with Crippen LogP contribution in [-0.2, 0) is 0 Å². The maximum atomic E-state index is 5.16. The molecule has 0 atom stereocenters. The van der Waals surface area contributed by atoms with Gasteiger partial charge in [-0.3, -0.25) is 4.99 Å². The number of aromatic nitrogens is 3. The highest BCUT2D eigenvalue weighted by Crippen LogP contribution is 2.38. The fourth-order valence-corrected chi connectivity index (χ4v) is 5.86. The van der Waals surface area contributed by atoms with Crippen molar-refractivity contribution in [3.8, 4) is 11.4 Å². The highest BCUT2D eigenvalue weighted by atomic mass is 79.9. The van der Waals surface area contributed by atoms with Gasteiger partial charge in [-0.2, -0.15) is 0 Å². The third-order valence-electron chi connectivity index (χ3n) is 7.32. The molecule has 0 radical (unpaired) electrons. The standard InChI is InChI=1S/C32H20BrN5/c33-19-9-12-29-25(13-19)18(16-35-29)15-34-20-10-11-22-21-5-1-2-7-24(21)30-31(26(22)14-20)38-32(37-30)27-17-36-28-8-4-3-6-23(27)28/h1-17,34,36H,(H,37,38)/b18-15+. The predicted molar refractivity (Wildman–Crippen MR) is 162 cm³/mol. The molecule has 2 aromatic heterocycles. The molecule has 0 fully saturated rings. The highest BCUT2D eigenvalue weighted by Gasteiger charge is 2.17. The molecule has 38 heavy (non-hydrogen) atoms. The van der Waals surface area contributed by atoms with Crippen LogP contribution in [0.3, 0.4) is 0 Å². The monoisotopic (exact) mass is 553 g/mol. The van der Waals surface area contributed by atoms with Crippen LogP contribution in [0.25, 0.3) is 60.4 Å². The second kappa shape index (κ2) is 8.16. The van der Waals surface area contributed by atoms with Crippen molar-refractivity contribution in [1.29, 1.82) is 0 Å². The van der Waals surface area contributed by atoms with Crippen LogP contribution in [-0.4, -0.2) is 21.2 Å². The normalized spacial score (nSPS) is 13.9. The van der Waals surface area contributed by atoms with Gasteiger partial charge in [0.1, 0.15) is 5.82 Å². The minimum atomic E-state index is 0.861. The number of para-hydroxylation sites is 1. The number of aromatic amines is 2. The number of hydrogen-bond acceptors (Lipinski definition) is 3. The van der Waals surface area contributed by atoms with E-state index in [-0.39, 0.29) is 0 Å². The van der Waals surface area contributed by atoms with Gasteiger partial charge in [0, 0.05) is 67.1 Å². The fourth-order valence-electron chi connectivity index (χ4n) is 5.50. The van der Waals surface area contributed by atoms with Crippen molar-refractivity contribution < 1.29 is 0 Å². The molecule has 0 amide bonds. The molecule has 1 aliphatic rings. The highest BCUT2D eigenvalue weighted by molar-refractivity contribution is 9.10. The van der Waals surface area contributed by atoms with E-state index in [9.17, 15) is 0 Å². The summed E-state index contributed by atoms with van der Waals surface area (Å²) < 4.78 is 1.04. The predicted octanol–water partition coefficient (Wildman–Crippen LogP) is 8.95. The number of imidazole rings is 1. The van der Waals surface area contributed by atoms with Crippen LogP contribution < -0.4 is 5.32 Å². The van der Waals surface area contributed by atoms with Gasteiger partial charge in [-0.25, -0.2) is 4.98 Å². The van der Waals surface area contributed by atoms with E-state index < -0.39 is 0 Å². The molecule has 0 spiro atoms. The lowest BCUT2D eigenvalue weighted by molar-refractivity contribution is 1.34. The summed E-state index contributed by atoms with van der Waals surface area (Å²) >= 11 is 3.57. The van der Waals surface area contributed by atoms with Crippen LogP contribution in [0.5, 0.6) is 0 Å². The average Bonchev–Trinajstić information content (AvgIpc) is 3.68. The number of halogens is 1. The molecule has 0 saturated heterocycles. The lowest BCUT2D eigenvalue weighted by atomic mass is 9.99. The molecule has 5 aromatic carbocycles. The summed E-state index contributed by atoms with van der Waals surface area (Å²) in [5.41, 5.74) is 8.31. The summed E-state index contributed by atoms with van der Waals surface area (Å²) in [7, 11) is 0. The molecule has 6 heteroatoms. The van der Waals surface area contributed by atoms with E-state index in [0.29, 0.717) is 0 Å². The van der Waals surface area contributed by atoms with E-state index in [4.69, 9.17) is 4.98 Å². The Hall–Kier alpha value is -4.68. The molecule has 3 N–H and O–H groups in total. The summed E-state index contributed by atoms with van der Waals surface area (Å²) in [6.07, 6.45) is 5.95. The summed E-state index contributed by atoms with van der Waals surface area (Å²) in [5, 5.41) is 9.31. The first-order valence-corrected chi connectivity index (χ1v) is 13.2. The number of allylic oxidation sites excluding steroid dienone is 1. The number of nitrogens with zero attached hydrogens (tertiary/aromatic N) is 2. The number of aliphatic imine (C=N–C) groups is 1. The number of nitrogens with one attached hydrogen (secondary N) is 3. The Morgan fingerprint density at radius 3 is 2.50 bits per heavy atom. The van der Waals surface area contributed by atoms with Gasteiger partial charge in [0.25, 0.3) is 0 Å². The van der Waals surface area contributed by atoms with Gasteiger partial charge in [0.15, 0.2) is 0 Å². The molecule has 0 aliphatic carbocycles. The van der Waals surface area contributed by atoms with Crippen LogP contribution in [0.1, 0.15) is 5.56 Å². The minimum Gasteiger partial charge on any atom is -0.361 e. The van der Waals surface area contributed by atoms with Gasteiger partial charge < -0.3 is 15.3 Å². The van der Waals surface area contributed by atoms with Crippen LogP contribution in [0.2, 0.25) is 0 Å². The second-order valence-corrected chi connectivity index (χ2v) is 10.4. The first-order chi connectivity index (χ1) is 18.7. The number of H-pyrrole nitrogens is 2. The van der Waals surface area contributed by atoms with Gasteiger partial charge in [0.05, 0.1) is 16.7 Å². The molecule has 0 unspecified atom stereocenters. The van der Waals surface area contributed by atoms with Crippen LogP contribution >= 0.6 is 15.9 Å². The largest absolute Gasteiger partial charge is 0.361 e. The van der Waals surface area contributed by atoms with E-state index in [2.05, 4.69) is 103 Å². The van der Waals surface area contributed by atoms with E-state index >= 15 is 0 Å². The Balaban J connectivity index is 1.30. The third kappa shape index (κ3) is 3.24. The zero-order chi connectivity index (χ0) is 25.2. The number of fused-ring (bicyclic) bond motifs is 8. The molecule has 0 bridgehead atoms. The summed E-state index contributed by atoms with van der Waals surface area (Å²) in [4.78, 5) is 16.7. The summed E-state index contributed by atoms with van der Waals surface area (Å²) in [5.74, 6) is 0.861. The Morgan fingerprint density at radius 2 is 1.58 bits per heavy atom. The molecule has 180 valence electrons. The summed E-state index contributed by atoms with van der Waals surface area (Å²) in [6.45, 7) is 0. The van der Waals surface area contributed by atoms with Crippen LogP contribution in [0.4, 0.5) is 11.4 Å². The SMILES string of the molecule is Brc1ccc2c(c1)/C(=C/Nc1ccc3c4ccccc4c4[nH]c(-c5c[nH]c6ccccc56)nc4c3c1)C=N2. The first-order valence-electron chi connectivity index (χ1n) is 12.4. The second-order valence-electron chi connectivity index (χ2n) is 9.53. The average molecular weight is 554 g/mol. The molecular formula is C32H20BrN5. The van der Waals surface area contributed by atoms with Crippen molar-refractivity contribution in [1.82, 2.24) is 15.0 Å². The molecule has 5 nitrogen and oxygen atoms in total. The van der Waals surface area contributed by atoms with Crippen molar-refractivity contribution >= 4 is 82.6 Å². The van der Waals surface area contributed by atoms with E-state index in [1.54, 1.807) is 0 Å². The molecular weight excluding hydrogens is 534 g/mol. The molecule has 7 aromatic rings. The van der Waals surface area contributed by atoms with Gasteiger partial charge in [-0.05, 0) is 47.2 Å².